The van der Waals surface area contributed by atoms with Gasteiger partial charge < -0.3 is 5.11 Å². The maximum absolute atomic E-state index is 9.75. The number of nitrogens with zero attached hydrogens (tertiary/aromatic N) is 1. The summed E-state index contributed by atoms with van der Waals surface area (Å²) in [5, 5.41) is 18.8. The third kappa shape index (κ3) is 1.12. The van der Waals surface area contributed by atoms with E-state index >= 15 is 0 Å². The number of aliphatic hydroxyl groups is 1. The lowest BCUT2D eigenvalue weighted by Crippen LogP contribution is -2.57. The van der Waals surface area contributed by atoms with Crippen molar-refractivity contribution in [1.29, 1.82) is 5.26 Å². The van der Waals surface area contributed by atoms with E-state index in [1.165, 1.54) is 6.42 Å². The molecule has 78 valence electrons. The normalized spacial score (nSPS) is 46.2. The summed E-state index contributed by atoms with van der Waals surface area (Å²) in [4.78, 5) is 0. The Bertz CT molecular complexity index is 277. The molecule has 5 unspecified atom stereocenters. The first-order chi connectivity index (χ1) is 6.48. The zero-order chi connectivity index (χ0) is 10.5. The van der Waals surface area contributed by atoms with Crippen LogP contribution in [-0.2, 0) is 0 Å². The summed E-state index contributed by atoms with van der Waals surface area (Å²) in [7, 11) is 0. The molecule has 0 amide bonds. The summed E-state index contributed by atoms with van der Waals surface area (Å²) in [6.07, 6.45) is 1.89. The molecule has 0 aromatic heterocycles. The highest BCUT2D eigenvalue weighted by Gasteiger charge is 2.58. The van der Waals surface area contributed by atoms with Crippen LogP contribution >= 0.6 is 0 Å². The molecule has 1 N–H and O–H groups in total. The number of nitriles is 1. The summed E-state index contributed by atoms with van der Waals surface area (Å²) in [5.41, 5.74) is 0.356. The fourth-order valence-corrected chi connectivity index (χ4v) is 3.66. The second-order valence-electron chi connectivity index (χ2n) is 5.65. The minimum Gasteiger partial charge on any atom is -0.393 e. The first-order valence-corrected chi connectivity index (χ1v) is 5.56. The average molecular weight is 193 g/mol. The SMILES string of the molecule is CC(O)C1C(C#N)CC2CC1C2(C)C. The first kappa shape index (κ1) is 9.98. The maximum atomic E-state index is 9.75. The Kier molecular flexibility index (Phi) is 2.12. The molecular formula is C12H19NO. The van der Waals surface area contributed by atoms with Crippen LogP contribution in [0.2, 0.25) is 0 Å². The monoisotopic (exact) mass is 193 g/mol. The van der Waals surface area contributed by atoms with Crippen molar-refractivity contribution in [3.05, 3.63) is 0 Å². The van der Waals surface area contributed by atoms with Gasteiger partial charge >= 0.3 is 0 Å². The van der Waals surface area contributed by atoms with Crippen LogP contribution in [0.15, 0.2) is 0 Å². The highest BCUT2D eigenvalue weighted by molar-refractivity contribution is 5.11. The quantitative estimate of drug-likeness (QED) is 0.693. The van der Waals surface area contributed by atoms with Gasteiger partial charge in [-0.2, -0.15) is 5.26 Å². The molecule has 2 bridgehead atoms. The largest absolute Gasteiger partial charge is 0.393 e. The van der Waals surface area contributed by atoms with Gasteiger partial charge in [-0.25, -0.2) is 0 Å². The fraction of sp³-hybridized carbons (Fsp3) is 0.917. The summed E-state index contributed by atoms with van der Waals surface area (Å²) in [5.74, 6) is 1.57. The van der Waals surface area contributed by atoms with E-state index in [4.69, 9.17) is 5.26 Å². The molecule has 0 aromatic carbocycles. The summed E-state index contributed by atoms with van der Waals surface area (Å²) < 4.78 is 0. The van der Waals surface area contributed by atoms with Crippen LogP contribution in [0.3, 0.4) is 0 Å². The minimum absolute atomic E-state index is 0.0896. The van der Waals surface area contributed by atoms with Gasteiger partial charge in [-0.3, -0.25) is 0 Å². The molecule has 3 rings (SSSR count). The van der Waals surface area contributed by atoms with Gasteiger partial charge in [-0.15, -0.1) is 0 Å². The Morgan fingerprint density at radius 1 is 1.43 bits per heavy atom. The number of hydrogen-bond donors (Lipinski definition) is 1. The lowest BCUT2D eigenvalue weighted by atomic mass is 9.42. The Morgan fingerprint density at radius 2 is 2.07 bits per heavy atom. The van der Waals surface area contributed by atoms with Crippen molar-refractivity contribution in [1.82, 2.24) is 0 Å². The molecule has 2 nitrogen and oxygen atoms in total. The third-order valence-corrected chi connectivity index (χ3v) is 4.74. The first-order valence-electron chi connectivity index (χ1n) is 5.56. The van der Waals surface area contributed by atoms with Crippen LogP contribution in [0.5, 0.6) is 0 Å². The van der Waals surface area contributed by atoms with Gasteiger partial charge in [0.25, 0.3) is 0 Å². The van der Waals surface area contributed by atoms with E-state index in [2.05, 4.69) is 19.9 Å². The summed E-state index contributed by atoms with van der Waals surface area (Å²) in [6, 6.07) is 2.37. The van der Waals surface area contributed by atoms with E-state index in [0.29, 0.717) is 17.3 Å². The van der Waals surface area contributed by atoms with E-state index in [-0.39, 0.29) is 17.9 Å². The second-order valence-corrected chi connectivity index (χ2v) is 5.65. The molecule has 2 heteroatoms. The van der Waals surface area contributed by atoms with Gasteiger partial charge in [0.2, 0.25) is 0 Å². The molecular weight excluding hydrogens is 174 g/mol. The molecule has 3 saturated carbocycles. The molecule has 0 aromatic rings. The lowest BCUT2D eigenvalue weighted by Gasteiger charge is -2.62. The van der Waals surface area contributed by atoms with E-state index in [9.17, 15) is 5.11 Å². The Labute approximate surface area is 85.9 Å². The van der Waals surface area contributed by atoms with E-state index in [0.717, 1.165) is 6.42 Å². The van der Waals surface area contributed by atoms with Crippen LogP contribution in [-0.4, -0.2) is 11.2 Å². The van der Waals surface area contributed by atoms with Gasteiger partial charge in [0.05, 0.1) is 18.1 Å². The van der Waals surface area contributed by atoms with Crippen LogP contribution in [0.4, 0.5) is 0 Å². The van der Waals surface area contributed by atoms with Crippen LogP contribution in [0.25, 0.3) is 0 Å². The molecule has 14 heavy (non-hydrogen) atoms. The Hall–Kier alpha value is -0.550. The predicted molar refractivity (Wildman–Crippen MR) is 54.3 cm³/mol. The second kappa shape index (κ2) is 2.97. The van der Waals surface area contributed by atoms with Gasteiger partial charge in [-0.1, -0.05) is 13.8 Å². The van der Waals surface area contributed by atoms with Crippen LogP contribution in [0, 0.1) is 40.4 Å². The predicted octanol–water partition coefficient (Wildman–Crippen LogP) is 2.19. The third-order valence-electron chi connectivity index (χ3n) is 4.74. The zero-order valence-electron chi connectivity index (χ0n) is 9.20. The molecule has 0 saturated heterocycles. The smallest absolute Gasteiger partial charge is 0.0659 e. The lowest BCUT2D eigenvalue weighted by molar-refractivity contribution is -0.151. The number of hydrogen-bond acceptors (Lipinski definition) is 2. The van der Waals surface area contributed by atoms with E-state index < -0.39 is 0 Å². The highest BCUT2D eigenvalue weighted by atomic mass is 16.3. The Morgan fingerprint density at radius 3 is 2.50 bits per heavy atom. The molecule has 0 radical (unpaired) electrons. The van der Waals surface area contributed by atoms with E-state index in [1.54, 1.807) is 0 Å². The molecule has 3 aliphatic rings. The average Bonchev–Trinajstić information content (AvgIpc) is 2.16. The molecule has 0 spiro atoms. The van der Waals surface area contributed by atoms with Crippen molar-refractivity contribution in [3.63, 3.8) is 0 Å². The van der Waals surface area contributed by atoms with Crippen molar-refractivity contribution in [3.8, 4) is 6.07 Å². The number of fused-ring (bicyclic) bond motifs is 2. The van der Waals surface area contributed by atoms with E-state index in [1.807, 2.05) is 6.92 Å². The minimum atomic E-state index is -0.329. The van der Waals surface area contributed by atoms with Gasteiger partial charge in [0.1, 0.15) is 0 Å². The highest BCUT2D eigenvalue weighted by Crippen LogP contribution is 2.63. The number of rotatable bonds is 1. The standard InChI is InChI=1S/C12H19NO/c1-7(14)11-8(6-13)4-9-5-10(11)12(9,2)3/h7-11,14H,4-5H2,1-3H3. The fourth-order valence-electron chi connectivity index (χ4n) is 3.66. The molecule has 0 heterocycles. The molecule has 0 aliphatic heterocycles. The molecule has 5 atom stereocenters. The van der Waals surface area contributed by atoms with Gasteiger partial charge in [-0.05, 0) is 37.0 Å². The molecule has 3 aliphatic carbocycles. The maximum Gasteiger partial charge on any atom is 0.0659 e. The topological polar surface area (TPSA) is 44.0 Å². The van der Waals surface area contributed by atoms with Crippen molar-refractivity contribution < 1.29 is 5.11 Å². The number of aliphatic hydroxyl groups excluding tert-OH is 1. The zero-order valence-corrected chi connectivity index (χ0v) is 9.20. The van der Waals surface area contributed by atoms with Crippen molar-refractivity contribution in [2.45, 2.75) is 39.7 Å². The van der Waals surface area contributed by atoms with Crippen LogP contribution in [0.1, 0.15) is 33.6 Å². The molecule has 3 fully saturated rings. The summed E-state index contributed by atoms with van der Waals surface area (Å²) >= 11 is 0. The van der Waals surface area contributed by atoms with Gasteiger partial charge in [0, 0.05) is 5.92 Å². The Balaban J connectivity index is 2.22. The van der Waals surface area contributed by atoms with Crippen LogP contribution < -0.4 is 0 Å². The van der Waals surface area contributed by atoms with Crippen molar-refractivity contribution >= 4 is 0 Å². The van der Waals surface area contributed by atoms with Crippen molar-refractivity contribution in [2.24, 2.45) is 29.1 Å². The van der Waals surface area contributed by atoms with Gasteiger partial charge in [0.15, 0.2) is 0 Å². The van der Waals surface area contributed by atoms with Crippen molar-refractivity contribution in [2.75, 3.05) is 0 Å². The summed E-state index contributed by atoms with van der Waals surface area (Å²) in [6.45, 7) is 6.41.